The van der Waals surface area contributed by atoms with Gasteiger partial charge in [0.05, 0.1) is 0 Å². The van der Waals surface area contributed by atoms with Crippen LogP contribution in [0.4, 0.5) is 5.82 Å². The zero-order chi connectivity index (χ0) is 10.8. The van der Waals surface area contributed by atoms with Crippen molar-refractivity contribution in [2.45, 2.75) is 0 Å². The zero-order valence-electron chi connectivity index (χ0n) is 7.21. The normalized spacial score (nSPS) is 10.1. The minimum atomic E-state index is -0.579. The van der Waals surface area contributed by atoms with Crippen LogP contribution in [0.3, 0.4) is 0 Å². The number of aromatic nitrogens is 3. The van der Waals surface area contributed by atoms with Crippen molar-refractivity contribution in [1.82, 2.24) is 15.0 Å². The van der Waals surface area contributed by atoms with Gasteiger partial charge in [0, 0.05) is 5.38 Å². The van der Waals surface area contributed by atoms with Crippen LogP contribution in [-0.4, -0.2) is 26.2 Å². The number of rotatable bonds is 3. The Balaban J connectivity index is 2.36. The van der Waals surface area contributed by atoms with E-state index in [1.807, 2.05) is 0 Å². The van der Waals surface area contributed by atoms with Gasteiger partial charge in [-0.3, -0.25) is 4.79 Å². The lowest BCUT2D eigenvalue weighted by molar-refractivity contribution is -0.389. The Kier molecular flexibility index (Phi) is 2.26. The first kappa shape index (κ1) is 9.46. The Labute approximate surface area is 87.0 Å². The molecule has 0 saturated heterocycles. The molecule has 0 fully saturated rings. The molecule has 1 N–H and O–H groups in total. The lowest BCUT2D eigenvalue weighted by Gasteiger charge is -1.85. The number of carbonyl (C=O) groups excluding carboxylic acids is 1. The molecule has 2 aromatic heterocycles. The molecule has 0 aliphatic rings. The van der Waals surface area contributed by atoms with Crippen molar-refractivity contribution in [3.8, 4) is 10.8 Å². The molecule has 2 rings (SSSR count). The summed E-state index contributed by atoms with van der Waals surface area (Å²) in [6.45, 7) is 0. The molecule has 0 aliphatic carbocycles. The number of aromatic amines is 1. The van der Waals surface area contributed by atoms with E-state index in [4.69, 9.17) is 0 Å². The van der Waals surface area contributed by atoms with Gasteiger partial charge in [0.25, 0.3) is 5.82 Å². The molecule has 0 amide bonds. The molecule has 0 aromatic carbocycles. The van der Waals surface area contributed by atoms with Gasteiger partial charge in [-0.1, -0.05) is 0 Å². The molecule has 0 unspecified atom stereocenters. The quantitative estimate of drug-likeness (QED) is 0.480. The van der Waals surface area contributed by atoms with E-state index in [1.54, 1.807) is 5.38 Å². The van der Waals surface area contributed by atoms with Gasteiger partial charge < -0.3 is 10.1 Å². The molecule has 0 aliphatic heterocycles. The van der Waals surface area contributed by atoms with Crippen molar-refractivity contribution >= 4 is 23.4 Å². The highest BCUT2D eigenvalue weighted by Crippen LogP contribution is 2.21. The summed E-state index contributed by atoms with van der Waals surface area (Å²) in [5.74, 6) is 0.0904. The Morgan fingerprint density at radius 1 is 1.60 bits per heavy atom. The number of nitrogens with one attached hydrogen (secondary N) is 1. The predicted octanol–water partition coefficient (Wildman–Crippen LogP) is 1.25. The molecule has 2 aromatic rings. The van der Waals surface area contributed by atoms with Crippen LogP contribution in [0.1, 0.15) is 10.5 Å². The van der Waals surface area contributed by atoms with Gasteiger partial charge in [0.15, 0.2) is 11.3 Å². The van der Waals surface area contributed by atoms with E-state index in [0.29, 0.717) is 17.1 Å². The molecule has 8 heteroatoms. The molecule has 2 heterocycles. The number of aldehydes is 1. The maximum Gasteiger partial charge on any atom is 0.341 e. The topological polar surface area (TPSA) is 102 Å². The second-order valence-electron chi connectivity index (χ2n) is 2.57. The van der Waals surface area contributed by atoms with Gasteiger partial charge in [-0.05, 0) is 4.92 Å². The van der Waals surface area contributed by atoms with Crippen molar-refractivity contribution in [1.29, 1.82) is 0 Å². The van der Waals surface area contributed by atoms with Gasteiger partial charge in [-0.2, -0.15) is 0 Å². The Morgan fingerprint density at radius 2 is 2.40 bits per heavy atom. The summed E-state index contributed by atoms with van der Waals surface area (Å²) in [6.07, 6.45) is 1.72. The minimum absolute atomic E-state index is 0.201. The monoisotopic (exact) mass is 224 g/mol. The second kappa shape index (κ2) is 3.58. The van der Waals surface area contributed by atoms with Gasteiger partial charge in [-0.15, -0.1) is 11.3 Å². The van der Waals surface area contributed by atoms with Crippen LogP contribution in [-0.2, 0) is 0 Å². The fourth-order valence-electron chi connectivity index (χ4n) is 0.962. The lowest BCUT2D eigenvalue weighted by Crippen LogP contribution is -1.87. The largest absolute Gasteiger partial charge is 0.358 e. The summed E-state index contributed by atoms with van der Waals surface area (Å²) < 4.78 is 0. The van der Waals surface area contributed by atoms with E-state index in [2.05, 4.69) is 15.0 Å². The number of H-pyrrole nitrogens is 1. The van der Waals surface area contributed by atoms with Crippen LogP contribution >= 0.6 is 11.3 Å². The van der Waals surface area contributed by atoms with E-state index < -0.39 is 4.92 Å². The first-order valence-corrected chi connectivity index (χ1v) is 4.69. The number of nitro groups is 1. The maximum atomic E-state index is 10.4. The molecule has 76 valence electrons. The maximum absolute atomic E-state index is 10.4. The number of hydrogen-bond donors (Lipinski definition) is 1. The van der Waals surface area contributed by atoms with E-state index in [-0.39, 0.29) is 11.5 Å². The molecule has 15 heavy (non-hydrogen) atoms. The Bertz CT molecular complexity index is 518. The van der Waals surface area contributed by atoms with E-state index in [0.717, 1.165) is 6.20 Å². The Morgan fingerprint density at radius 3 is 2.93 bits per heavy atom. The third kappa shape index (κ3) is 1.74. The molecular formula is C7H4N4O3S. The average molecular weight is 224 g/mol. The molecular weight excluding hydrogens is 220 g/mol. The van der Waals surface area contributed by atoms with Gasteiger partial charge >= 0.3 is 5.82 Å². The number of hydrogen-bond acceptors (Lipinski definition) is 6. The van der Waals surface area contributed by atoms with E-state index >= 15 is 0 Å². The smallest absolute Gasteiger partial charge is 0.341 e. The summed E-state index contributed by atoms with van der Waals surface area (Å²) >= 11 is 1.19. The molecule has 0 spiro atoms. The van der Waals surface area contributed by atoms with Gasteiger partial charge in [-0.25, -0.2) is 15.0 Å². The molecule has 0 atom stereocenters. The first-order valence-electron chi connectivity index (χ1n) is 3.81. The highest BCUT2D eigenvalue weighted by molar-refractivity contribution is 7.13. The van der Waals surface area contributed by atoms with Crippen LogP contribution in [0, 0.1) is 10.1 Å². The minimum Gasteiger partial charge on any atom is -0.358 e. The summed E-state index contributed by atoms with van der Waals surface area (Å²) in [7, 11) is 0. The molecule has 0 saturated carbocycles. The number of carbonyl (C=O) groups is 1. The van der Waals surface area contributed by atoms with Crippen LogP contribution in [0.25, 0.3) is 10.8 Å². The van der Waals surface area contributed by atoms with E-state index in [1.165, 1.54) is 11.3 Å². The SMILES string of the molecule is O=Cc1csc(-c2ncc([N+](=O)[O-])[nH]2)n1. The van der Waals surface area contributed by atoms with Crippen molar-refractivity contribution in [2.75, 3.05) is 0 Å². The highest BCUT2D eigenvalue weighted by Gasteiger charge is 2.14. The lowest BCUT2D eigenvalue weighted by atomic mass is 10.5. The fourth-order valence-corrected chi connectivity index (χ4v) is 1.68. The van der Waals surface area contributed by atoms with Crippen LogP contribution in [0.15, 0.2) is 11.6 Å². The van der Waals surface area contributed by atoms with Gasteiger partial charge in [0.2, 0.25) is 0 Å². The third-order valence-electron chi connectivity index (χ3n) is 1.60. The first-order chi connectivity index (χ1) is 7.20. The van der Waals surface area contributed by atoms with Crippen LogP contribution in [0.2, 0.25) is 0 Å². The summed E-state index contributed by atoms with van der Waals surface area (Å²) in [6, 6.07) is 0. The number of thiazole rings is 1. The van der Waals surface area contributed by atoms with Gasteiger partial charge in [0.1, 0.15) is 11.9 Å². The predicted molar refractivity (Wildman–Crippen MR) is 51.7 cm³/mol. The summed E-state index contributed by atoms with van der Waals surface area (Å²) in [5, 5.41) is 12.4. The molecule has 7 nitrogen and oxygen atoms in total. The standard InChI is InChI=1S/C7H4N4O3S/c12-2-4-3-15-7(9-4)6-8-1-5(10-6)11(13)14/h1-3H,(H,8,10). The third-order valence-corrected chi connectivity index (χ3v) is 2.47. The Hall–Kier alpha value is -2.09. The van der Waals surface area contributed by atoms with Crippen molar-refractivity contribution in [3.05, 3.63) is 27.4 Å². The van der Waals surface area contributed by atoms with Crippen molar-refractivity contribution in [3.63, 3.8) is 0 Å². The summed E-state index contributed by atoms with van der Waals surface area (Å²) in [5.41, 5.74) is 0.286. The average Bonchev–Trinajstić information content (AvgIpc) is 2.86. The molecule has 0 bridgehead atoms. The summed E-state index contributed by atoms with van der Waals surface area (Å²) in [4.78, 5) is 30.3. The van der Waals surface area contributed by atoms with Crippen LogP contribution < -0.4 is 0 Å². The highest BCUT2D eigenvalue weighted by atomic mass is 32.1. The van der Waals surface area contributed by atoms with E-state index in [9.17, 15) is 14.9 Å². The fraction of sp³-hybridized carbons (Fsp3) is 0. The number of imidazole rings is 1. The van der Waals surface area contributed by atoms with Crippen molar-refractivity contribution < 1.29 is 9.72 Å². The second-order valence-corrected chi connectivity index (χ2v) is 3.43. The van der Waals surface area contributed by atoms with Crippen LogP contribution in [0.5, 0.6) is 0 Å². The van der Waals surface area contributed by atoms with Crippen molar-refractivity contribution in [2.24, 2.45) is 0 Å². The molecule has 0 radical (unpaired) electrons. The number of nitrogens with zero attached hydrogens (tertiary/aromatic N) is 3. The zero-order valence-corrected chi connectivity index (χ0v) is 8.02.